The highest BCUT2D eigenvalue weighted by Crippen LogP contribution is 2.18. The minimum atomic E-state index is -2.99. The zero-order valence-electron chi connectivity index (χ0n) is 10.9. The van der Waals surface area contributed by atoms with Crippen LogP contribution in [0.25, 0.3) is 0 Å². The molecule has 0 radical (unpaired) electrons. The van der Waals surface area contributed by atoms with Crippen LogP contribution >= 0.6 is 0 Å². The Hall–Kier alpha value is -0.700. The van der Waals surface area contributed by atoms with Crippen LogP contribution in [0.15, 0.2) is 0 Å². The fraction of sp³-hybridized carbons (Fsp3) is 0.846. The molecule has 1 aliphatic heterocycles. The maximum atomic E-state index is 12.7. The molecule has 104 valence electrons. The van der Waals surface area contributed by atoms with Crippen molar-refractivity contribution >= 4 is 0 Å². The van der Waals surface area contributed by atoms with Crippen LogP contribution < -0.4 is 5.32 Å². The molecule has 1 N–H and O–H groups in total. The molecule has 18 heavy (non-hydrogen) atoms. The Labute approximate surface area is 108 Å². The van der Waals surface area contributed by atoms with Crippen molar-refractivity contribution in [3.8, 4) is 12.3 Å². The summed E-state index contributed by atoms with van der Waals surface area (Å²) in [6.45, 7) is 3.92. The molecule has 0 aliphatic carbocycles. The monoisotopic (exact) mass is 260 g/mol. The maximum absolute atomic E-state index is 12.7. The predicted molar refractivity (Wildman–Crippen MR) is 67.7 cm³/mol. The molecule has 1 unspecified atom stereocenters. The first-order valence-electron chi connectivity index (χ1n) is 6.40. The zero-order chi connectivity index (χ0) is 13.4. The lowest BCUT2D eigenvalue weighted by atomic mass is 10.2. The van der Waals surface area contributed by atoms with Crippen molar-refractivity contribution in [2.24, 2.45) is 0 Å². The van der Waals surface area contributed by atoms with E-state index in [9.17, 15) is 8.78 Å². The Bertz CT molecular complexity index is 279. The van der Waals surface area contributed by atoms with E-state index in [0.29, 0.717) is 25.7 Å². The van der Waals surface area contributed by atoms with Crippen molar-refractivity contribution in [1.82, 2.24) is 10.2 Å². The third-order valence-corrected chi connectivity index (χ3v) is 3.22. The lowest BCUT2D eigenvalue weighted by Crippen LogP contribution is -2.31. The van der Waals surface area contributed by atoms with E-state index >= 15 is 0 Å². The summed E-state index contributed by atoms with van der Waals surface area (Å²) in [7, 11) is 1.97. The first kappa shape index (κ1) is 15.4. The molecule has 1 rings (SSSR count). The summed E-state index contributed by atoms with van der Waals surface area (Å²) < 4.78 is 30.7. The molecule has 0 saturated carbocycles. The molecule has 3 nitrogen and oxygen atoms in total. The van der Waals surface area contributed by atoms with Crippen molar-refractivity contribution in [1.29, 1.82) is 0 Å². The second-order valence-electron chi connectivity index (χ2n) is 4.64. The summed E-state index contributed by atoms with van der Waals surface area (Å²) in [6.07, 6.45) is 5.87. The van der Waals surface area contributed by atoms with Crippen molar-refractivity contribution in [2.75, 3.05) is 39.9 Å². The number of terminal acetylenes is 1. The Morgan fingerprint density at radius 1 is 1.50 bits per heavy atom. The summed E-state index contributed by atoms with van der Waals surface area (Å²) in [5, 5.41) is 3.24. The van der Waals surface area contributed by atoms with Crippen molar-refractivity contribution in [3.05, 3.63) is 0 Å². The van der Waals surface area contributed by atoms with Gasteiger partial charge in [-0.2, -0.15) is 8.78 Å². The van der Waals surface area contributed by atoms with Crippen LogP contribution in [0.4, 0.5) is 8.78 Å². The zero-order valence-corrected chi connectivity index (χ0v) is 10.9. The lowest BCUT2D eigenvalue weighted by Gasteiger charge is -2.16. The summed E-state index contributed by atoms with van der Waals surface area (Å²) in [6, 6.07) is 0.569. The minimum absolute atomic E-state index is 0.297. The number of likely N-dealkylation sites (tertiary alicyclic amines) is 1. The average Bonchev–Trinajstić information content (AvgIpc) is 2.81. The quantitative estimate of drug-likeness (QED) is 0.526. The Balaban J connectivity index is 1.95. The molecule has 1 fully saturated rings. The predicted octanol–water partition coefficient (Wildman–Crippen LogP) is 1.35. The Morgan fingerprint density at radius 3 is 2.89 bits per heavy atom. The minimum Gasteiger partial charge on any atom is -0.380 e. The van der Waals surface area contributed by atoms with Crippen LogP contribution in [0.5, 0.6) is 0 Å². The van der Waals surface area contributed by atoms with Gasteiger partial charge >= 0.3 is 5.92 Å². The number of nitrogens with zero attached hydrogens (tertiary/aromatic N) is 1. The summed E-state index contributed by atoms with van der Waals surface area (Å²) in [5.74, 6) is -1.50. The number of rotatable bonds is 8. The van der Waals surface area contributed by atoms with Crippen molar-refractivity contribution in [3.63, 3.8) is 0 Å². The summed E-state index contributed by atoms with van der Waals surface area (Å²) in [4.78, 5) is 2.32. The van der Waals surface area contributed by atoms with Gasteiger partial charge in [0, 0.05) is 32.2 Å². The molecule has 0 spiro atoms. The standard InChI is InChI=1S/C13H22F2N2O/c1-3-13(14,15)6-4-9-18-10-8-17-7-5-12(11-17)16-2/h1,12,16H,4-11H2,2H3. The van der Waals surface area contributed by atoms with Gasteiger partial charge < -0.3 is 10.1 Å². The number of hydrogen-bond donors (Lipinski definition) is 1. The number of nitrogens with one attached hydrogen (secondary N) is 1. The van der Waals surface area contributed by atoms with Gasteiger partial charge in [0.1, 0.15) is 0 Å². The highest BCUT2D eigenvalue weighted by molar-refractivity contribution is 5.00. The van der Waals surface area contributed by atoms with E-state index in [4.69, 9.17) is 11.2 Å². The third-order valence-electron chi connectivity index (χ3n) is 3.22. The molecular weight excluding hydrogens is 238 g/mol. The fourth-order valence-corrected chi connectivity index (χ4v) is 2.04. The van der Waals surface area contributed by atoms with Crippen LogP contribution in [-0.2, 0) is 4.74 Å². The van der Waals surface area contributed by atoms with Crippen molar-refractivity contribution in [2.45, 2.75) is 31.2 Å². The molecule has 1 saturated heterocycles. The normalized spacial score (nSPS) is 21.1. The van der Waals surface area contributed by atoms with Crippen LogP contribution in [-0.4, -0.2) is 56.8 Å². The number of likely N-dealkylation sites (N-methyl/N-ethyl adjacent to an activating group) is 1. The topological polar surface area (TPSA) is 24.5 Å². The second kappa shape index (κ2) is 7.67. The van der Waals surface area contributed by atoms with Gasteiger partial charge in [0.25, 0.3) is 0 Å². The van der Waals surface area contributed by atoms with E-state index < -0.39 is 5.92 Å². The van der Waals surface area contributed by atoms with E-state index in [-0.39, 0.29) is 6.42 Å². The SMILES string of the molecule is C#CC(F)(F)CCCOCCN1CCC(NC)C1. The van der Waals surface area contributed by atoms with Gasteiger partial charge in [0.15, 0.2) is 0 Å². The molecule has 0 aromatic heterocycles. The van der Waals surface area contributed by atoms with E-state index in [1.54, 1.807) is 0 Å². The lowest BCUT2D eigenvalue weighted by molar-refractivity contribution is 0.0376. The molecule has 0 aromatic rings. The number of ether oxygens (including phenoxy) is 1. The summed E-state index contributed by atoms with van der Waals surface area (Å²) >= 11 is 0. The van der Waals surface area contributed by atoms with E-state index in [1.165, 1.54) is 5.92 Å². The van der Waals surface area contributed by atoms with Gasteiger partial charge in [0.05, 0.1) is 6.61 Å². The smallest absolute Gasteiger partial charge is 0.307 e. The number of halogens is 2. The first-order chi connectivity index (χ1) is 8.57. The van der Waals surface area contributed by atoms with Crippen molar-refractivity contribution < 1.29 is 13.5 Å². The van der Waals surface area contributed by atoms with Gasteiger partial charge in [-0.05, 0) is 32.4 Å². The molecular formula is C13H22F2N2O. The first-order valence-corrected chi connectivity index (χ1v) is 6.40. The van der Waals surface area contributed by atoms with Gasteiger partial charge in [-0.3, -0.25) is 4.90 Å². The van der Waals surface area contributed by atoms with E-state index in [2.05, 4.69) is 10.2 Å². The van der Waals surface area contributed by atoms with Crippen LogP contribution in [0.1, 0.15) is 19.3 Å². The third kappa shape index (κ3) is 5.76. The highest BCUT2D eigenvalue weighted by Gasteiger charge is 2.24. The number of alkyl halides is 2. The van der Waals surface area contributed by atoms with Crippen LogP contribution in [0, 0.1) is 12.3 Å². The molecule has 1 aliphatic rings. The fourth-order valence-electron chi connectivity index (χ4n) is 2.04. The van der Waals surface area contributed by atoms with Crippen LogP contribution in [0.3, 0.4) is 0 Å². The molecule has 1 atom stereocenters. The van der Waals surface area contributed by atoms with Gasteiger partial charge in [-0.15, -0.1) is 6.42 Å². The Kier molecular flexibility index (Phi) is 6.55. The Morgan fingerprint density at radius 2 is 2.28 bits per heavy atom. The van der Waals surface area contributed by atoms with E-state index in [0.717, 1.165) is 26.1 Å². The number of hydrogen-bond acceptors (Lipinski definition) is 3. The molecule has 1 heterocycles. The molecule has 5 heteroatoms. The largest absolute Gasteiger partial charge is 0.380 e. The molecule has 0 aromatic carbocycles. The maximum Gasteiger partial charge on any atom is 0.307 e. The van der Waals surface area contributed by atoms with Gasteiger partial charge in [0.2, 0.25) is 0 Å². The average molecular weight is 260 g/mol. The second-order valence-corrected chi connectivity index (χ2v) is 4.64. The van der Waals surface area contributed by atoms with Gasteiger partial charge in [-0.1, -0.05) is 0 Å². The summed E-state index contributed by atoms with van der Waals surface area (Å²) in [5.41, 5.74) is 0. The molecule has 0 amide bonds. The van der Waals surface area contributed by atoms with E-state index in [1.807, 2.05) is 7.05 Å². The highest BCUT2D eigenvalue weighted by atomic mass is 19.3. The van der Waals surface area contributed by atoms with Crippen LogP contribution in [0.2, 0.25) is 0 Å². The molecule has 0 bridgehead atoms. The van der Waals surface area contributed by atoms with Gasteiger partial charge in [-0.25, -0.2) is 0 Å².